The lowest BCUT2D eigenvalue weighted by molar-refractivity contribution is -0.138. The summed E-state index contributed by atoms with van der Waals surface area (Å²) in [4.78, 5) is 27.4. The molecule has 1 saturated carbocycles. The van der Waals surface area contributed by atoms with Crippen molar-refractivity contribution in [1.29, 1.82) is 0 Å². The zero-order valence-corrected chi connectivity index (χ0v) is 16.9. The topological polar surface area (TPSA) is 72.9 Å². The van der Waals surface area contributed by atoms with Crippen LogP contribution in [0.3, 0.4) is 0 Å². The number of likely N-dealkylation sites (N-methyl/N-ethyl adjacent to an activating group) is 1. The Balaban J connectivity index is 0.00000338. The predicted molar refractivity (Wildman–Crippen MR) is 106 cm³/mol. The SMILES string of the molecule is CN(CC(=O)O)C1CCCN(CC(=O)NC2CCCCCCC2)CC1.Cl. The van der Waals surface area contributed by atoms with Gasteiger partial charge in [0.05, 0.1) is 13.1 Å². The van der Waals surface area contributed by atoms with Gasteiger partial charge in [0, 0.05) is 18.6 Å². The van der Waals surface area contributed by atoms with Gasteiger partial charge in [0.2, 0.25) is 5.91 Å². The number of likely N-dealkylation sites (tertiary alicyclic amines) is 1. The molecule has 1 aliphatic carbocycles. The molecule has 1 unspecified atom stereocenters. The maximum Gasteiger partial charge on any atom is 0.317 e. The third-order valence-electron chi connectivity index (χ3n) is 5.64. The van der Waals surface area contributed by atoms with Gasteiger partial charge in [0.1, 0.15) is 0 Å². The number of carboxylic acids is 1. The van der Waals surface area contributed by atoms with Crippen LogP contribution in [-0.4, -0.2) is 72.1 Å². The molecule has 0 radical (unpaired) electrons. The number of amides is 1. The van der Waals surface area contributed by atoms with E-state index in [0.29, 0.717) is 18.6 Å². The van der Waals surface area contributed by atoms with Crippen molar-refractivity contribution in [2.75, 3.05) is 33.2 Å². The summed E-state index contributed by atoms with van der Waals surface area (Å²) in [7, 11) is 1.88. The number of hydrogen-bond donors (Lipinski definition) is 2. The van der Waals surface area contributed by atoms with Gasteiger partial charge in [0.25, 0.3) is 0 Å². The molecule has 0 spiro atoms. The molecular formula is C19H36ClN3O3. The second-order valence-corrected chi connectivity index (χ2v) is 7.78. The molecule has 0 aromatic rings. The highest BCUT2D eigenvalue weighted by Gasteiger charge is 2.23. The normalized spacial score (nSPS) is 23.4. The summed E-state index contributed by atoms with van der Waals surface area (Å²) in [5.41, 5.74) is 0. The van der Waals surface area contributed by atoms with Gasteiger partial charge in [-0.05, 0) is 45.7 Å². The van der Waals surface area contributed by atoms with Gasteiger partial charge in [-0.2, -0.15) is 0 Å². The largest absolute Gasteiger partial charge is 0.480 e. The fraction of sp³-hybridized carbons (Fsp3) is 0.895. The molecule has 1 atom stereocenters. The van der Waals surface area contributed by atoms with Crippen molar-refractivity contribution in [2.24, 2.45) is 0 Å². The first-order chi connectivity index (χ1) is 12.0. The van der Waals surface area contributed by atoms with Gasteiger partial charge >= 0.3 is 5.97 Å². The second-order valence-electron chi connectivity index (χ2n) is 7.78. The van der Waals surface area contributed by atoms with E-state index >= 15 is 0 Å². The van der Waals surface area contributed by atoms with Crippen LogP contribution in [-0.2, 0) is 9.59 Å². The average molecular weight is 390 g/mol. The van der Waals surface area contributed by atoms with E-state index in [1.807, 2.05) is 11.9 Å². The zero-order valence-electron chi connectivity index (χ0n) is 16.1. The minimum Gasteiger partial charge on any atom is -0.480 e. The Morgan fingerprint density at radius 1 is 1.00 bits per heavy atom. The summed E-state index contributed by atoms with van der Waals surface area (Å²) >= 11 is 0. The third kappa shape index (κ3) is 8.69. The number of carbonyl (C=O) groups is 2. The van der Waals surface area contributed by atoms with E-state index in [0.717, 1.165) is 45.2 Å². The number of nitrogens with zero attached hydrogens (tertiary/aromatic N) is 2. The minimum absolute atomic E-state index is 0. The van der Waals surface area contributed by atoms with Crippen molar-refractivity contribution < 1.29 is 14.7 Å². The molecule has 0 bridgehead atoms. The number of carbonyl (C=O) groups excluding carboxylic acids is 1. The quantitative estimate of drug-likeness (QED) is 0.730. The molecular weight excluding hydrogens is 354 g/mol. The van der Waals surface area contributed by atoms with Crippen molar-refractivity contribution in [1.82, 2.24) is 15.1 Å². The molecule has 7 heteroatoms. The Hall–Kier alpha value is -0.850. The van der Waals surface area contributed by atoms with Crippen LogP contribution < -0.4 is 5.32 Å². The lowest BCUT2D eigenvalue weighted by Crippen LogP contribution is -2.43. The number of carboxylic acid groups (broad SMARTS) is 1. The van der Waals surface area contributed by atoms with Crippen molar-refractivity contribution in [3.63, 3.8) is 0 Å². The van der Waals surface area contributed by atoms with Crippen LogP contribution in [0, 0.1) is 0 Å². The lowest BCUT2D eigenvalue weighted by Gasteiger charge is -2.26. The monoisotopic (exact) mass is 389 g/mol. The fourth-order valence-corrected chi connectivity index (χ4v) is 4.16. The smallest absolute Gasteiger partial charge is 0.317 e. The molecule has 2 rings (SSSR count). The molecule has 26 heavy (non-hydrogen) atoms. The van der Waals surface area contributed by atoms with E-state index in [1.54, 1.807) is 0 Å². The van der Waals surface area contributed by atoms with E-state index in [2.05, 4.69) is 10.2 Å². The van der Waals surface area contributed by atoms with Crippen molar-refractivity contribution in [3.05, 3.63) is 0 Å². The Labute approximate surface area is 164 Å². The predicted octanol–water partition coefficient (Wildman–Crippen LogP) is 2.51. The molecule has 0 aromatic heterocycles. The molecule has 6 nitrogen and oxygen atoms in total. The highest BCUT2D eigenvalue weighted by molar-refractivity contribution is 5.85. The van der Waals surface area contributed by atoms with Crippen LogP contribution >= 0.6 is 12.4 Å². The van der Waals surface area contributed by atoms with Crippen LogP contribution in [0.4, 0.5) is 0 Å². The molecule has 2 N–H and O–H groups in total. The summed E-state index contributed by atoms with van der Waals surface area (Å²) in [5, 5.41) is 12.2. The molecule has 1 amide bonds. The number of hydrogen-bond acceptors (Lipinski definition) is 4. The van der Waals surface area contributed by atoms with Crippen molar-refractivity contribution >= 4 is 24.3 Å². The van der Waals surface area contributed by atoms with Crippen molar-refractivity contribution in [2.45, 2.75) is 76.3 Å². The van der Waals surface area contributed by atoms with E-state index in [1.165, 1.54) is 32.1 Å². The summed E-state index contributed by atoms with van der Waals surface area (Å²) in [5.74, 6) is -0.620. The summed E-state index contributed by atoms with van der Waals surface area (Å²) in [6, 6.07) is 0.656. The van der Waals surface area contributed by atoms with E-state index in [9.17, 15) is 9.59 Å². The summed E-state index contributed by atoms with van der Waals surface area (Å²) < 4.78 is 0. The molecule has 1 heterocycles. The highest BCUT2D eigenvalue weighted by Crippen LogP contribution is 2.18. The van der Waals surface area contributed by atoms with Gasteiger partial charge in [-0.3, -0.25) is 19.4 Å². The Bertz CT molecular complexity index is 428. The molecule has 1 saturated heterocycles. The number of halogens is 1. The molecule has 2 fully saturated rings. The van der Waals surface area contributed by atoms with Gasteiger partial charge < -0.3 is 10.4 Å². The van der Waals surface area contributed by atoms with E-state index in [-0.39, 0.29) is 24.9 Å². The second kappa shape index (κ2) is 12.5. The maximum atomic E-state index is 12.4. The van der Waals surface area contributed by atoms with E-state index < -0.39 is 5.97 Å². The van der Waals surface area contributed by atoms with Gasteiger partial charge in [-0.1, -0.05) is 32.1 Å². The third-order valence-corrected chi connectivity index (χ3v) is 5.64. The highest BCUT2D eigenvalue weighted by atomic mass is 35.5. The molecule has 152 valence electrons. The first-order valence-corrected chi connectivity index (χ1v) is 9.98. The maximum absolute atomic E-state index is 12.4. The number of aliphatic carboxylic acids is 1. The standard InChI is InChI=1S/C19H35N3O3.ClH/c1-21(15-19(24)25)17-10-7-12-22(13-11-17)14-18(23)20-16-8-5-3-2-4-6-9-16;/h16-17H,2-15H2,1H3,(H,20,23)(H,24,25);1H. The van der Waals surface area contributed by atoms with Crippen LogP contribution in [0.2, 0.25) is 0 Å². The Morgan fingerprint density at radius 2 is 1.65 bits per heavy atom. The van der Waals surface area contributed by atoms with Crippen LogP contribution in [0.25, 0.3) is 0 Å². The van der Waals surface area contributed by atoms with Gasteiger partial charge in [0.15, 0.2) is 0 Å². The lowest BCUT2D eigenvalue weighted by atomic mass is 9.97. The summed E-state index contributed by atoms with van der Waals surface area (Å²) in [6.07, 6.45) is 11.6. The molecule has 2 aliphatic rings. The van der Waals surface area contributed by atoms with Crippen LogP contribution in [0.1, 0.15) is 64.2 Å². The number of rotatable bonds is 6. The molecule has 0 aromatic carbocycles. The van der Waals surface area contributed by atoms with Crippen molar-refractivity contribution in [3.8, 4) is 0 Å². The van der Waals surface area contributed by atoms with Crippen LogP contribution in [0.15, 0.2) is 0 Å². The minimum atomic E-state index is -0.776. The van der Waals surface area contributed by atoms with Gasteiger partial charge in [-0.25, -0.2) is 0 Å². The van der Waals surface area contributed by atoms with Gasteiger partial charge in [-0.15, -0.1) is 12.4 Å². The first-order valence-electron chi connectivity index (χ1n) is 9.98. The fourth-order valence-electron chi connectivity index (χ4n) is 4.16. The first kappa shape index (κ1) is 23.2. The zero-order chi connectivity index (χ0) is 18.1. The molecule has 1 aliphatic heterocycles. The summed E-state index contributed by atoms with van der Waals surface area (Å²) in [6.45, 7) is 2.36. The van der Waals surface area contributed by atoms with Crippen LogP contribution in [0.5, 0.6) is 0 Å². The average Bonchev–Trinajstić information content (AvgIpc) is 2.75. The van der Waals surface area contributed by atoms with E-state index in [4.69, 9.17) is 5.11 Å². The number of nitrogens with one attached hydrogen (secondary N) is 1. The Kier molecular flexibility index (Phi) is 11.2. The Morgan fingerprint density at radius 3 is 2.31 bits per heavy atom.